The molecular formula is C24H33N3O4S. The Kier molecular flexibility index (Phi) is 7.80. The summed E-state index contributed by atoms with van der Waals surface area (Å²) in [5, 5.41) is 10.4. The average molecular weight is 460 g/mol. The first-order chi connectivity index (χ1) is 15.5. The lowest BCUT2D eigenvalue weighted by molar-refractivity contribution is 0.0561. The van der Waals surface area contributed by atoms with Gasteiger partial charge in [0.25, 0.3) is 10.2 Å². The minimum Gasteiger partial charge on any atom is -0.491 e. The summed E-state index contributed by atoms with van der Waals surface area (Å²) in [4.78, 5) is 2.11. The van der Waals surface area contributed by atoms with Crippen LogP contribution in [0.2, 0.25) is 0 Å². The summed E-state index contributed by atoms with van der Waals surface area (Å²) in [7, 11) is -3.35. The van der Waals surface area contributed by atoms with Gasteiger partial charge in [-0.15, -0.1) is 0 Å². The molecule has 1 N–H and O–H groups in total. The highest BCUT2D eigenvalue weighted by Gasteiger charge is 2.33. The van der Waals surface area contributed by atoms with E-state index in [1.165, 1.54) is 0 Å². The predicted octanol–water partition coefficient (Wildman–Crippen LogP) is 2.44. The van der Waals surface area contributed by atoms with Gasteiger partial charge in [0, 0.05) is 45.8 Å². The first kappa shape index (κ1) is 23.2. The van der Waals surface area contributed by atoms with Crippen molar-refractivity contribution in [1.82, 2.24) is 13.5 Å². The molecule has 2 heterocycles. The lowest BCUT2D eigenvalue weighted by atomic mass is 10.1. The van der Waals surface area contributed by atoms with Gasteiger partial charge in [0.2, 0.25) is 0 Å². The van der Waals surface area contributed by atoms with E-state index in [1.54, 1.807) is 8.61 Å². The molecule has 0 spiro atoms. The van der Waals surface area contributed by atoms with Crippen molar-refractivity contribution in [2.45, 2.75) is 25.4 Å². The van der Waals surface area contributed by atoms with Crippen molar-refractivity contribution in [3.05, 3.63) is 54.6 Å². The fraction of sp³-hybridized carbons (Fsp3) is 0.500. The second kappa shape index (κ2) is 10.8. The minimum atomic E-state index is -3.35. The highest BCUT2D eigenvalue weighted by molar-refractivity contribution is 7.86. The Morgan fingerprint density at radius 3 is 2.03 bits per heavy atom. The fourth-order valence-electron chi connectivity index (χ4n) is 4.32. The van der Waals surface area contributed by atoms with Crippen LogP contribution in [0.5, 0.6) is 5.75 Å². The van der Waals surface area contributed by atoms with Crippen LogP contribution in [-0.4, -0.2) is 85.6 Å². The van der Waals surface area contributed by atoms with Gasteiger partial charge in [-0.3, -0.25) is 4.90 Å². The van der Waals surface area contributed by atoms with Gasteiger partial charge in [0.05, 0.1) is 0 Å². The molecule has 174 valence electrons. The first-order valence-electron chi connectivity index (χ1n) is 11.5. The van der Waals surface area contributed by atoms with Crippen LogP contribution in [0.1, 0.15) is 19.3 Å². The summed E-state index contributed by atoms with van der Waals surface area (Å²) < 4.78 is 34.6. The number of nitrogens with zero attached hydrogens (tertiary/aromatic N) is 3. The van der Waals surface area contributed by atoms with Crippen molar-refractivity contribution >= 4 is 10.2 Å². The molecule has 1 atom stereocenters. The summed E-state index contributed by atoms with van der Waals surface area (Å²) in [5.74, 6) is 0.723. The van der Waals surface area contributed by atoms with Crippen LogP contribution in [0.4, 0.5) is 0 Å². The number of benzene rings is 2. The molecule has 0 aromatic heterocycles. The maximum Gasteiger partial charge on any atom is 0.282 e. The van der Waals surface area contributed by atoms with Gasteiger partial charge in [-0.25, -0.2) is 0 Å². The van der Waals surface area contributed by atoms with E-state index in [4.69, 9.17) is 4.74 Å². The standard InChI is InChI=1S/C24H33N3O4S/c28-23(20-31-24-11-9-22(10-12-24)21-7-3-1-4-8-21)19-25-15-17-27(18-16-25)32(29,30)26-13-5-2-6-14-26/h1,3-4,7-12,23,28H,2,5-6,13-20H2/t23-/m1/s1. The maximum atomic E-state index is 12.8. The van der Waals surface area contributed by atoms with Gasteiger partial charge < -0.3 is 9.84 Å². The topological polar surface area (TPSA) is 73.3 Å². The van der Waals surface area contributed by atoms with Gasteiger partial charge >= 0.3 is 0 Å². The number of β-amino-alcohol motifs (C(OH)–C–C–N with tert-alkyl or cyclic N) is 1. The van der Waals surface area contributed by atoms with E-state index < -0.39 is 16.3 Å². The third-order valence-corrected chi connectivity index (χ3v) is 8.21. The maximum absolute atomic E-state index is 12.8. The summed E-state index contributed by atoms with van der Waals surface area (Å²) >= 11 is 0. The van der Waals surface area contributed by atoms with Gasteiger partial charge in [0.15, 0.2) is 0 Å². The first-order valence-corrected chi connectivity index (χ1v) is 12.9. The third kappa shape index (κ3) is 5.88. The van der Waals surface area contributed by atoms with E-state index in [9.17, 15) is 13.5 Å². The SMILES string of the molecule is O=S(=O)(N1CCCCC1)N1CCN(C[C@@H](O)COc2ccc(-c3ccccc3)cc2)CC1. The predicted molar refractivity (Wildman–Crippen MR) is 126 cm³/mol. The van der Waals surface area contributed by atoms with Crippen molar-refractivity contribution in [1.29, 1.82) is 0 Å². The second-order valence-corrected chi connectivity index (χ2v) is 10.5. The van der Waals surface area contributed by atoms with Crippen molar-refractivity contribution < 1.29 is 18.3 Å². The molecule has 2 aliphatic rings. The van der Waals surface area contributed by atoms with Crippen LogP contribution < -0.4 is 4.74 Å². The number of ether oxygens (including phenoxy) is 1. The second-order valence-electron chi connectivity index (χ2n) is 8.52. The Morgan fingerprint density at radius 2 is 1.38 bits per heavy atom. The zero-order valence-corrected chi connectivity index (χ0v) is 19.3. The molecule has 0 amide bonds. The molecule has 2 saturated heterocycles. The van der Waals surface area contributed by atoms with Crippen LogP contribution in [-0.2, 0) is 10.2 Å². The lowest BCUT2D eigenvalue weighted by Crippen LogP contribution is -2.54. The smallest absolute Gasteiger partial charge is 0.282 e. The van der Waals surface area contributed by atoms with Gasteiger partial charge in [-0.2, -0.15) is 17.0 Å². The van der Waals surface area contributed by atoms with Crippen LogP contribution in [0, 0.1) is 0 Å². The molecule has 0 bridgehead atoms. The lowest BCUT2D eigenvalue weighted by Gasteiger charge is -2.38. The van der Waals surface area contributed by atoms with Crippen LogP contribution in [0.3, 0.4) is 0 Å². The molecule has 2 aromatic carbocycles. The van der Waals surface area contributed by atoms with E-state index in [0.717, 1.165) is 36.1 Å². The number of piperazine rings is 1. The van der Waals surface area contributed by atoms with Gasteiger partial charge in [-0.05, 0) is 36.1 Å². The number of hydrogen-bond donors (Lipinski definition) is 1. The largest absolute Gasteiger partial charge is 0.491 e. The van der Waals surface area contributed by atoms with E-state index in [0.29, 0.717) is 45.8 Å². The van der Waals surface area contributed by atoms with Crippen LogP contribution >= 0.6 is 0 Å². The number of aliphatic hydroxyl groups is 1. The Hall–Kier alpha value is -1.97. The van der Waals surface area contributed by atoms with Gasteiger partial charge in [-0.1, -0.05) is 48.9 Å². The summed E-state index contributed by atoms with van der Waals surface area (Å²) in [6, 6.07) is 18.0. The van der Waals surface area contributed by atoms with E-state index >= 15 is 0 Å². The summed E-state index contributed by atoms with van der Waals surface area (Å²) in [5.41, 5.74) is 2.27. The monoisotopic (exact) mass is 459 g/mol. The number of rotatable bonds is 8. The van der Waals surface area contributed by atoms with E-state index in [-0.39, 0.29) is 6.61 Å². The number of piperidine rings is 1. The van der Waals surface area contributed by atoms with Crippen molar-refractivity contribution in [2.75, 3.05) is 52.4 Å². The molecule has 2 aliphatic heterocycles. The minimum absolute atomic E-state index is 0.205. The van der Waals surface area contributed by atoms with E-state index in [1.807, 2.05) is 42.5 Å². The van der Waals surface area contributed by atoms with Crippen LogP contribution in [0.15, 0.2) is 54.6 Å². The highest BCUT2D eigenvalue weighted by Crippen LogP contribution is 2.22. The van der Waals surface area contributed by atoms with Crippen molar-refractivity contribution in [3.63, 3.8) is 0 Å². The molecule has 0 unspecified atom stereocenters. The average Bonchev–Trinajstić information content (AvgIpc) is 2.84. The molecule has 2 fully saturated rings. The van der Waals surface area contributed by atoms with Crippen LogP contribution in [0.25, 0.3) is 11.1 Å². The zero-order valence-electron chi connectivity index (χ0n) is 18.5. The van der Waals surface area contributed by atoms with E-state index in [2.05, 4.69) is 17.0 Å². The normalized spacial score (nSPS) is 20.2. The van der Waals surface area contributed by atoms with Crippen molar-refractivity contribution in [2.24, 2.45) is 0 Å². The molecule has 0 saturated carbocycles. The molecule has 8 heteroatoms. The Morgan fingerprint density at radius 1 is 0.781 bits per heavy atom. The Balaban J connectivity index is 1.20. The van der Waals surface area contributed by atoms with Gasteiger partial charge in [0.1, 0.15) is 18.5 Å². The number of hydrogen-bond acceptors (Lipinski definition) is 5. The molecule has 4 rings (SSSR count). The zero-order chi connectivity index (χ0) is 22.4. The molecular weight excluding hydrogens is 426 g/mol. The third-order valence-electron chi connectivity index (χ3n) is 6.17. The Bertz CT molecular complexity index is 939. The summed E-state index contributed by atoms with van der Waals surface area (Å²) in [6.07, 6.45) is 2.37. The molecule has 32 heavy (non-hydrogen) atoms. The Labute approximate surface area is 191 Å². The highest BCUT2D eigenvalue weighted by atomic mass is 32.2. The fourth-order valence-corrected chi connectivity index (χ4v) is 5.99. The summed E-state index contributed by atoms with van der Waals surface area (Å²) in [6.45, 7) is 4.11. The molecule has 0 aliphatic carbocycles. The molecule has 7 nitrogen and oxygen atoms in total. The van der Waals surface area contributed by atoms with Crippen molar-refractivity contribution in [3.8, 4) is 16.9 Å². The molecule has 0 radical (unpaired) electrons. The quantitative estimate of drug-likeness (QED) is 0.657. The number of aliphatic hydroxyl groups excluding tert-OH is 1. The molecule has 2 aromatic rings.